The first-order valence-electron chi connectivity index (χ1n) is 11.4. The standard InChI is InChI=1S/C28H34N2O3S/c1-27(2,3)21-16-19(17-22(24(21)31)28(4,5)6)26(32)33-13-12-18-9-7-10-20(15-18)30-25(29)23-11-8-14-34-23/h7-11,14-17,31H,12-13H2,1-6H3,(H2,29,30). The highest BCUT2D eigenvalue weighted by Crippen LogP contribution is 2.39. The highest BCUT2D eigenvalue weighted by atomic mass is 32.1. The number of carbonyl (C=O) groups excluding carboxylic acids is 1. The molecule has 0 amide bonds. The smallest absolute Gasteiger partial charge is 0.338 e. The molecule has 0 saturated carbocycles. The van der Waals surface area contributed by atoms with E-state index in [-0.39, 0.29) is 23.2 Å². The molecule has 0 fully saturated rings. The highest BCUT2D eigenvalue weighted by Gasteiger charge is 2.28. The van der Waals surface area contributed by atoms with E-state index in [1.165, 1.54) is 11.3 Å². The first-order chi connectivity index (χ1) is 15.9. The van der Waals surface area contributed by atoms with E-state index in [4.69, 9.17) is 10.1 Å². The molecule has 0 radical (unpaired) electrons. The maximum absolute atomic E-state index is 12.9. The van der Waals surface area contributed by atoms with Crippen molar-refractivity contribution in [3.63, 3.8) is 0 Å². The molecule has 3 rings (SSSR count). The number of benzene rings is 2. The number of thiophene rings is 1. The van der Waals surface area contributed by atoms with Crippen LogP contribution in [0.15, 0.2) is 53.9 Å². The Balaban J connectivity index is 1.69. The zero-order chi connectivity index (χ0) is 25.1. The topological polar surface area (TPSA) is 82.4 Å². The van der Waals surface area contributed by atoms with Gasteiger partial charge in [0.25, 0.3) is 0 Å². The van der Waals surface area contributed by atoms with Crippen LogP contribution in [0.4, 0.5) is 5.69 Å². The van der Waals surface area contributed by atoms with Crippen LogP contribution in [0.1, 0.15) is 73.5 Å². The molecule has 0 aliphatic carbocycles. The molecule has 1 heterocycles. The molecule has 3 aromatic rings. The third-order valence-corrected chi connectivity index (χ3v) is 6.44. The minimum absolute atomic E-state index is 0.237. The number of amidine groups is 1. The van der Waals surface area contributed by atoms with Crippen LogP contribution in [-0.4, -0.2) is 23.5 Å². The number of esters is 1. The molecule has 0 unspecified atom stereocenters. The second-order valence-corrected chi connectivity index (χ2v) is 11.4. The molecule has 0 bridgehead atoms. The Bertz CT molecular complexity index is 1130. The fourth-order valence-electron chi connectivity index (χ4n) is 3.67. The molecule has 0 saturated heterocycles. The maximum Gasteiger partial charge on any atom is 0.338 e. The predicted molar refractivity (Wildman–Crippen MR) is 141 cm³/mol. The van der Waals surface area contributed by atoms with Gasteiger partial charge in [-0.05, 0) is 52.1 Å². The minimum Gasteiger partial charge on any atom is -0.507 e. The molecule has 34 heavy (non-hydrogen) atoms. The van der Waals surface area contributed by atoms with Crippen LogP contribution in [0, 0.1) is 5.41 Å². The lowest BCUT2D eigenvalue weighted by Crippen LogP contribution is -2.19. The van der Waals surface area contributed by atoms with Gasteiger partial charge in [0.05, 0.1) is 17.0 Å². The first-order valence-corrected chi connectivity index (χ1v) is 12.3. The normalized spacial score (nSPS) is 11.8. The zero-order valence-electron chi connectivity index (χ0n) is 20.8. The van der Waals surface area contributed by atoms with Crippen molar-refractivity contribution in [3.05, 3.63) is 81.0 Å². The third-order valence-electron chi connectivity index (χ3n) is 5.55. The number of phenols is 1. The summed E-state index contributed by atoms with van der Waals surface area (Å²) in [4.78, 5) is 13.8. The monoisotopic (exact) mass is 478 g/mol. The van der Waals surface area contributed by atoms with E-state index in [0.717, 1.165) is 27.3 Å². The van der Waals surface area contributed by atoms with Gasteiger partial charge in [-0.25, -0.2) is 4.79 Å². The van der Waals surface area contributed by atoms with Crippen molar-refractivity contribution < 1.29 is 14.6 Å². The summed E-state index contributed by atoms with van der Waals surface area (Å²) in [6.45, 7) is 12.3. The van der Waals surface area contributed by atoms with Gasteiger partial charge in [-0.1, -0.05) is 59.7 Å². The van der Waals surface area contributed by atoms with E-state index < -0.39 is 5.97 Å². The van der Waals surface area contributed by atoms with E-state index in [0.29, 0.717) is 17.8 Å². The Morgan fingerprint density at radius 3 is 2.21 bits per heavy atom. The number of hydrogen-bond acceptors (Lipinski definition) is 5. The van der Waals surface area contributed by atoms with E-state index in [1.807, 2.05) is 83.3 Å². The Labute approximate surface area is 206 Å². The molecule has 0 atom stereocenters. The van der Waals surface area contributed by atoms with Crippen LogP contribution in [-0.2, 0) is 22.0 Å². The molecule has 0 aliphatic rings. The van der Waals surface area contributed by atoms with Gasteiger partial charge in [0.1, 0.15) is 11.6 Å². The van der Waals surface area contributed by atoms with Crippen LogP contribution >= 0.6 is 11.3 Å². The van der Waals surface area contributed by atoms with E-state index in [9.17, 15) is 9.90 Å². The first kappa shape index (κ1) is 25.5. The lowest BCUT2D eigenvalue weighted by molar-refractivity contribution is 0.0509. The Morgan fingerprint density at radius 1 is 1.00 bits per heavy atom. The Kier molecular flexibility index (Phi) is 7.51. The zero-order valence-corrected chi connectivity index (χ0v) is 21.6. The molecule has 0 aliphatic heterocycles. The Morgan fingerprint density at radius 2 is 1.65 bits per heavy atom. The summed E-state index contributed by atoms with van der Waals surface area (Å²) in [6.07, 6.45) is 0.559. The average molecular weight is 479 g/mol. The van der Waals surface area contributed by atoms with Gasteiger partial charge >= 0.3 is 5.97 Å². The average Bonchev–Trinajstić information content (AvgIpc) is 3.27. The number of hydrogen-bond donors (Lipinski definition) is 3. The van der Waals surface area contributed by atoms with Gasteiger partial charge in [0, 0.05) is 23.2 Å². The van der Waals surface area contributed by atoms with Gasteiger partial charge in [-0.2, -0.15) is 0 Å². The van der Waals surface area contributed by atoms with Crippen molar-refractivity contribution in [3.8, 4) is 5.75 Å². The quantitative estimate of drug-likeness (QED) is 0.205. The molecule has 3 N–H and O–H groups in total. The van der Waals surface area contributed by atoms with Crippen molar-refractivity contribution in [1.29, 1.82) is 5.41 Å². The molecule has 5 nitrogen and oxygen atoms in total. The SMILES string of the molecule is CC(C)(C)c1cc(C(=O)OCCc2cccc(NC(=N)c3cccs3)c2)cc(C(C)(C)C)c1O. The lowest BCUT2D eigenvalue weighted by Gasteiger charge is -2.28. The molecule has 180 valence electrons. The Hall–Kier alpha value is -3.12. The van der Waals surface area contributed by atoms with E-state index in [1.54, 1.807) is 12.1 Å². The fourth-order valence-corrected chi connectivity index (χ4v) is 4.30. The largest absolute Gasteiger partial charge is 0.507 e. The van der Waals surface area contributed by atoms with Crippen LogP contribution in [0.3, 0.4) is 0 Å². The number of anilines is 1. The van der Waals surface area contributed by atoms with Gasteiger partial charge in [0.15, 0.2) is 0 Å². The van der Waals surface area contributed by atoms with Crippen molar-refractivity contribution in [2.45, 2.75) is 58.8 Å². The predicted octanol–water partition coefficient (Wildman–Crippen LogP) is 6.89. The van der Waals surface area contributed by atoms with Crippen molar-refractivity contribution in [1.82, 2.24) is 0 Å². The lowest BCUT2D eigenvalue weighted by atomic mass is 9.78. The maximum atomic E-state index is 12.9. The summed E-state index contributed by atoms with van der Waals surface area (Å²) >= 11 is 1.51. The number of carbonyl (C=O) groups is 1. The van der Waals surface area contributed by atoms with Crippen LogP contribution in [0.2, 0.25) is 0 Å². The summed E-state index contributed by atoms with van der Waals surface area (Å²) < 4.78 is 5.61. The van der Waals surface area contributed by atoms with Gasteiger partial charge in [0.2, 0.25) is 0 Å². The second-order valence-electron chi connectivity index (χ2n) is 10.5. The minimum atomic E-state index is -0.398. The molecule has 6 heteroatoms. The van der Waals surface area contributed by atoms with Crippen molar-refractivity contribution >= 4 is 28.8 Å². The van der Waals surface area contributed by atoms with Crippen LogP contribution < -0.4 is 5.32 Å². The number of rotatable bonds is 6. The number of ether oxygens (including phenoxy) is 1. The summed E-state index contributed by atoms with van der Waals surface area (Å²) in [5.41, 5.74) is 3.12. The third kappa shape index (κ3) is 6.26. The molecular formula is C28H34N2O3S. The summed E-state index contributed by atoms with van der Waals surface area (Å²) in [6, 6.07) is 15.1. The van der Waals surface area contributed by atoms with Crippen LogP contribution in [0.25, 0.3) is 0 Å². The molecule has 2 aromatic carbocycles. The van der Waals surface area contributed by atoms with Gasteiger partial charge < -0.3 is 15.2 Å². The summed E-state index contributed by atoms with van der Waals surface area (Å²) in [5, 5.41) is 24.1. The van der Waals surface area contributed by atoms with E-state index in [2.05, 4.69) is 5.32 Å². The second kappa shape index (κ2) is 10.0. The molecule has 0 spiro atoms. The van der Waals surface area contributed by atoms with Gasteiger partial charge in [-0.15, -0.1) is 11.3 Å². The van der Waals surface area contributed by atoms with E-state index >= 15 is 0 Å². The summed E-state index contributed by atoms with van der Waals surface area (Å²) in [5.74, 6) is 0.203. The van der Waals surface area contributed by atoms with Crippen molar-refractivity contribution in [2.24, 2.45) is 0 Å². The summed E-state index contributed by atoms with van der Waals surface area (Å²) in [7, 11) is 0. The number of nitrogens with one attached hydrogen (secondary N) is 2. The number of aromatic hydroxyl groups is 1. The van der Waals surface area contributed by atoms with Crippen LogP contribution in [0.5, 0.6) is 5.75 Å². The van der Waals surface area contributed by atoms with Crippen molar-refractivity contribution in [2.75, 3.05) is 11.9 Å². The number of phenolic OH excluding ortho intramolecular Hbond substituents is 1. The van der Waals surface area contributed by atoms with Gasteiger partial charge in [-0.3, -0.25) is 5.41 Å². The molecule has 1 aromatic heterocycles. The fraction of sp³-hybridized carbons (Fsp3) is 0.357. The highest BCUT2D eigenvalue weighted by molar-refractivity contribution is 7.12. The molecular weight excluding hydrogens is 444 g/mol.